The molecule has 1 fully saturated rings. The first-order chi connectivity index (χ1) is 11.7. The van der Waals surface area contributed by atoms with Crippen LogP contribution in [0.25, 0.3) is 0 Å². The van der Waals surface area contributed by atoms with Crippen molar-refractivity contribution in [1.82, 2.24) is 25.3 Å². The summed E-state index contributed by atoms with van der Waals surface area (Å²) in [6, 6.07) is 1.92. The molecule has 2 aromatic rings. The number of piperazine rings is 1. The summed E-state index contributed by atoms with van der Waals surface area (Å²) >= 11 is 1.70. The Hall–Kier alpha value is -1.93. The van der Waals surface area contributed by atoms with Crippen molar-refractivity contribution < 1.29 is 4.52 Å². The highest BCUT2D eigenvalue weighted by Gasteiger charge is 2.20. The van der Waals surface area contributed by atoms with Gasteiger partial charge in [0.15, 0.2) is 5.96 Å². The Bertz CT molecular complexity index is 645. The van der Waals surface area contributed by atoms with Crippen LogP contribution >= 0.6 is 11.3 Å². The second kappa shape index (κ2) is 8.25. The minimum atomic E-state index is 0.847. The molecular weight excluding hydrogens is 324 g/mol. The van der Waals surface area contributed by atoms with E-state index < -0.39 is 0 Å². The Morgan fingerprint density at radius 3 is 2.79 bits per heavy atom. The predicted octanol–water partition coefficient (Wildman–Crippen LogP) is 1.38. The van der Waals surface area contributed by atoms with Crippen LogP contribution in [-0.4, -0.2) is 65.7 Å². The summed E-state index contributed by atoms with van der Waals surface area (Å²) < 4.78 is 4.89. The molecule has 0 amide bonds. The number of thiazole rings is 1. The number of hydrogen-bond acceptors (Lipinski definition) is 6. The molecule has 8 heteroatoms. The minimum absolute atomic E-state index is 0.847. The summed E-state index contributed by atoms with van der Waals surface area (Å²) in [5.41, 5.74) is 2.14. The smallest absolute Gasteiger partial charge is 0.193 e. The van der Waals surface area contributed by atoms with Gasteiger partial charge in [-0.25, -0.2) is 4.98 Å². The van der Waals surface area contributed by atoms with Gasteiger partial charge in [-0.1, -0.05) is 5.16 Å². The highest BCUT2D eigenvalue weighted by molar-refractivity contribution is 7.09. The summed E-state index contributed by atoms with van der Waals surface area (Å²) in [5, 5.41) is 10.7. The predicted molar refractivity (Wildman–Crippen MR) is 95.3 cm³/mol. The fourth-order valence-corrected chi connectivity index (χ4v) is 3.47. The summed E-state index contributed by atoms with van der Waals surface area (Å²) in [6.07, 6.45) is 2.55. The largest absolute Gasteiger partial charge is 0.364 e. The van der Waals surface area contributed by atoms with E-state index in [0.717, 1.165) is 68.0 Å². The summed E-state index contributed by atoms with van der Waals surface area (Å²) in [6.45, 7) is 7.67. The fourth-order valence-electron chi connectivity index (χ4n) is 2.82. The van der Waals surface area contributed by atoms with Gasteiger partial charge in [-0.3, -0.25) is 9.89 Å². The quantitative estimate of drug-likeness (QED) is 0.650. The topological polar surface area (TPSA) is 69.8 Å². The number of aromatic nitrogens is 2. The van der Waals surface area contributed by atoms with Crippen molar-refractivity contribution >= 4 is 17.3 Å². The molecule has 7 nitrogen and oxygen atoms in total. The molecule has 0 bridgehead atoms. The second-order valence-electron chi connectivity index (χ2n) is 5.84. The first kappa shape index (κ1) is 16.9. The molecule has 0 aliphatic carbocycles. The molecule has 3 rings (SSSR count). The molecule has 130 valence electrons. The Kier molecular flexibility index (Phi) is 5.81. The van der Waals surface area contributed by atoms with Crippen molar-refractivity contribution in [2.45, 2.75) is 19.9 Å². The zero-order valence-corrected chi connectivity index (χ0v) is 15.1. The summed E-state index contributed by atoms with van der Waals surface area (Å²) in [7, 11) is 1.84. The highest BCUT2D eigenvalue weighted by Crippen LogP contribution is 2.09. The molecule has 0 atom stereocenters. The first-order valence-corrected chi connectivity index (χ1v) is 9.11. The van der Waals surface area contributed by atoms with E-state index in [1.807, 2.05) is 20.0 Å². The monoisotopic (exact) mass is 348 g/mol. The van der Waals surface area contributed by atoms with Gasteiger partial charge >= 0.3 is 0 Å². The third kappa shape index (κ3) is 4.55. The third-order valence-corrected chi connectivity index (χ3v) is 4.91. The Balaban J connectivity index is 1.42. The van der Waals surface area contributed by atoms with Gasteiger partial charge in [0.1, 0.15) is 6.26 Å². The lowest BCUT2D eigenvalue weighted by Crippen LogP contribution is -2.52. The van der Waals surface area contributed by atoms with Crippen molar-refractivity contribution in [3.63, 3.8) is 0 Å². The summed E-state index contributed by atoms with van der Waals surface area (Å²) in [5.74, 6) is 0.975. The zero-order chi connectivity index (χ0) is 16.8. The number of nitrogens with zero attached hydrogens (tertiary/aromatic N) is 5. The zero-order valence-electron chi connectivity index (χ0n) is 14.2. The lowest BCUT2D eigenvalue weighted by Gasteiger charge is -2.36. The molecule has 0 spiro atoms. The van der Waals surface area contributed by atoms with Gasteiger partial charge in [-0.2, -0.15) is 0 Å². The molecule has 2 aromatic heterocycles. The van der Waals surface area contributed by atoms with E-state index in [1.165, 1.54) is 0 Å². The van der Waals surface area contributed by atoms with Crippen molar-refractivity contribution in [2.24, 2.45) is 4.99 Å². The van der Waals surface area contributed by atoms with Crippen molar-refractivity contribution in [2.75, 3.05) is 39.8 Å². The third-order valence-electron chi connectivity index (χ3n) is 4.09. The van der Waals surface area contributed by atoms with Gasteiger partial charge in [-0.15, -0.1) is 11.3 Å². The number of aryl methyl sites for hydroxylation is 1. The number of aliphatic imine (C=N–C) groups is 1. The van der Waals surface area contributed by atoms with Crippen LogP contribution in [-0.2, 0) is 13.0 Å². The van der Waals surface area contributed by atoms with E-state index in [9.17, 15) is 0 Å². The molecule has 24 heavy (non-hydrogen) atoms. The van der Waals surface area contributed by atoms with Crippen molar-refractivity contribution in [1.29, 1.82) is 0 Å². The van der Waals surface area contributed by atoms with E-state index in [-0.39, 0.29) is 0 Å². The van der Waals surface area contributed by atoms with Gasteiger partial charge in [0.25, 0.3) is 0 Å². The van der Waals surface area contributed by atoms with Gasteiger partial charge < -0.3 is 14.7 Å². The Morgan fingerprint density at radius 2 is 2.17 bits per heavy atom. The number of nitrogens with one attached hydrogen (secondary N) is 1. The SMILES string of the molecule is CN=C(NCCc1csc(C)n1)N1CCN(Cc2ccon2)CC1. The van der Waals surface area contributed by atoms with E-state index in [4.69, 9.17) is 4.52 Å². The molecule has 3 heterocycles. The fraction of sp³-hybridized carbons (Fsp3) is 0.562. The highest BCUT2D eigenvalue weighted by atomic mass is 32.1. The molecule has 0 radical (unpaired) electrons. The van der Waals surface area contributed by atoms with Crippen LogP contribution in [0.3, 0.4) is 0 Å². The van der Waals surface area contributed by atoms with Crippen LogP contribution in [0.2, 0.25) is 0 Å². The lowest BCUT2D eigenvalue weighted by atomic mass is 10.3. The van der Waals surface area contributed by atoms with E-state index in [0.29, 0.717) is 0 Å². The Labute approximate surface area is 146 Å². The average Bonchev–Trinajstić information content (AvgIpc) is 3.24. The molecule has 0 saturated carbocycles. The van der Waals surface area contributed by atoms with Gasteiger partial charge in [-0.05, 0) is 6.92 Å². The van der Waals surface area contributed by atoms with Gasteiger partial charge in [0.05, 0.1) is 16.4 Å². The summed E-state index contributed by atoms with van der Waals surface area (Å²) in [4.78, 5) is 13.6. The molecule has 1 aliphatic heterocycles. The van der Waals surface area contributed by atoms with Crippen LogP contribution in [0.15, 0.2) is 27.2 Å². The molecular formula is C16H24N6OS. The maximum atomic E-state index is 4.89. The molecule has 1 aliphatic rings. The molecule has 0 unspecified atom stereocenters. The second-order valence-corrected chi connectivity index (χ2v) is 6.90. The Morgan fingerprint density at radius 1 is 1.33 bits per heavy atom. The van der Waals surface area contributed by atoms with Crippen molar-refractivity contribution in [3.8, 4) is 0 Å². The standard InChI is InChI=1S/C16H24N6OS/c1-13-19-15(12-24-13)3-5-18-16(17-2)22-8-6-21(7-9-22)11-14-4-10-23-20-14/h4,10,12H,3,5-9,11H2,1-2H3,(H,17,18). The number of hydrogen-bond donors (Lipinski definition) is 1. The minimum Gasteiger partial charge on any atom is -0.364 e. The molecule has 1 N–H and O–H groups in total. The van der Waals surface area contributed by atoms with E-state index >= 15 is 0 Å². The van der Waals surface area contributed by atoms with E-state index in [1.54, 1.807) is 17.6 Å². The van der Waals surface area contributed by atoms with Crippen LogP contribution < -0.4 is 5.32 Å². The van der Waals surface area contributed by atoms with Crippen LogP contribution in [0.4, 0.5) is 0 Å². The van der Waals surface area contributed by atoms with Gasteiger partial charge in [0, 0.05) is 64.2 Å². The molecule has 1 saturated heterocycles. The van der Waals surface area contributed by atoms with Gasteiger partial charge in [0.2, 0.25) is 0 Å². The van der Waals surface area contributed by atoms with Crippen LogP contribution in [0, 0.1) is 6.92 Å². The van der Waals surface area contributed by atoms with Crippen LogP contribution in [0.5, 0.6) is 0 Å². The lowest BCUT2D eigenvalue weighted by molar-refractivity contribution is 0.169. The molecule has 0 aromatic carbocycles. The maximum Gasteiger partial charge on any atom is 0.193 e. The normalized spacial score (nSPS) is 16.6. The first-order valence-electron chi connectivity index (χ1n) is 8.23. The average molecular weight is 348 g/mol. The maximum absolute atomic E-state index is 4.89. The van der Waals surface area contributed by atoms with Crippen molar-refractivity contribution in [3.05, 3.63) is 34.1 Å². The number of rotatable bonds is 5. The van der Waals surface area contributed by atoms with Crippen LogP contribution in [0.1, 0.15) is 16.4 Å². The van der Waals surface area contributed by atoms with E-state index in [2.05, 4.69) is 35.6 Å². The number of guanidine groups is 1.